The highest BCUT2D eigenvalue weighted by Crippen LogP contribution is 2.29. The highest BCUT2D eigenvalue weighted by molar-refractivity contribution is 5.28. The van der Waals surface area contributed by atoms with Crippen molar-refractivity contribution in [3.63, 3.8) is 0 Å². The van der Waals surface area contributed by atoms with Crippen molar-refractivity contribution in [2.45, 2.75) is 32.6 Å². The quantitative estimate of drug-likeness (QED) is 0.791. The van der Waals surface area contributed by atoms with Gasteiger partial charge in [0.1, 0.15) is 5.75 Å². The van der Waals surface area contributed by atoms with Crippen LogP contribution in [0.1, 0.15) is 30.0 Å². The average Bonchev–Trinajstić information content (AvgIpc) is 2.54. The maximum atomic E-state index is 12.6. The molecule has 0 bridgehead atoms. The monoisotopic (exact) mass is 323 g/mol. The molecule has 1 N–H and O–H groups in total. The fourth-order valence-corrected chi connectivity index (χ4v) is 2.13. The zero-order chi connectivity index (χ0) is 16.7. The van der Waals surface area contributed by atoms with Gasteiger partial charge < -0.3 is 10.1 Å². The Hall–Kier alpha value is -2.01. The Balaban J connectivity index is 1.85. The third-order valence-corrected chi connectivity index (χ3v) is 3.31. The summed E-state index contributed by atoms with van der Waals surface area (Å²) < 4.78 is 43.4. The summed E-state index contributed by atoms with van der Waals surface area (Å²) in [6.07, 6.45) is -3.34. The Labute approximate surface area is 134 Å². The smallest absolute Gasteiger partial charge is 0.416 e. The van der Waals surface area contributed by atoms with E-state index in [-0.39, 0.29) is 0 Å². The lowest BCUT2D eigenvalue weighted by Crippen LogP contribution is -2.13. The van der Waals surface area contributed by atoms with Crippen molar-refractivity contribution in [1.82, 2.24) is 5.32 Å². The molecule has 0 heterocycles. The third kappa shape index (κ3) is 5.60. The number of hydrogen-bond acceptors (Lipinski definition) is 2. The minimum Gasteiger partial charge on any atom is -0.494 e. The number of ether oxygens (including phenoxy) is 1. The van der Waals surface area contributed by atoms with Gasteiger partial charge in [0.05, 0.1) is 12.2 Å². The predicted octanol–water partition coefficient (Wildman–Crippen LogP) is 4.78. The van der Waals surface area contributed by atoms with Crippen molar-refractivity contribution in [2.75, 3.05) is 6.61 Å². The van der Waals surface area contributed by atoms with E-state index in [2.05, 4.69) is 5.32 Å². The predicted molar refractivity (Wildman–Crippen MR) is 84.2 cm³/mol. The van der Waals surface area contributed by atoms with Crippen LogP contribution in [0.3, 0.4) is 0 Å². The summed E-state index contributed by atoms with van der Waals surface area (Å²) in [5.41, 5.74) is 1.05. The Morgan fingerprint density at radius 2 is 1.65 bits per heavy atom. The normalized spacial score (nSPS) is 11.5. The van der Waals surface area contributed by atoms with E-state index in [1.165, 1.54) is 12.1 Å². The molecule has 0 unspecified atom stereocenters. The molecule has 0 amide bonds. The average molecular weight is 323 g/mol. The fraction of sp³-hybridized carbons (Fsp3) is 0.333. The molecule has 0 radical (unpaired) electrons. The van der Waals surface area contributed by atoms with Crippen LogP contribution in [0.25, 0.3) is 0 Å². The third-order valence-electron chi connectivity index (χ3n) is 3.31. The first-order valence-corrected chi connectivity index (χ1v) is 7.57. The van der Waals surface area contributed by atoms with Gasteiger partial charge in [-0.1, -0.05) is 37.3 Å². The Morgan fingerprint density at radius 3 is 2.30 bits per heavy atom. The fourth-order valence-electron chi connectivity index (χ4n) is 2.13. The van der Waals surface area contributed by atoms with E-state index in [1.807, 2.05) is 31.2 Å². The lowest BCUT2D eigenvalue weighted by Gasteiger charge is -2.10. The van der Waals surface area contributed by atoms with Gasteiger partial charge in [0.2, 0.25) is 0 Å². The zero-order valence-electron chi connectivity index (χ0n) is 13.0. The lowest BCUT2D eigenvalue weighted by atomic mass is 10.1. The number of halogens is 3. The number of alkyl halides is 3. The van der Waals surface area contributed by atoms with Gasteiger partial charge in [-0.2, -0.15) is 13.2 Å². The van der Waals surface area contributed by atoms with E-state index in [1.54, 1.807) is 6.07 Å². The largest absolute Gasteiger partial charge is 0.494 e. The van der Waals surface area contributed by atoms with Crippen molar-refractivity contribution in [3.8, 4) is 5.75 Å². The van der Waals surface area contributed by atoms with E-state index >= 15 is 0 Å². The second kappa shape index (κ2) is 8.02. The van der Waals surface area contributed by atoms with Crippen LogP contribution < -0.4 is 10.1 Å². The number of hydrogen-bond donors (Lipinski definition) is 1. The molecule has 0 aromatic heterocycles. The second-order valence-corrected chi connectivity index (χ2v) is 5.29. The molecule has 0 aliphatic carbocycles. The lowest BCUT2D eigenvalue weighted by molar-refractivity contribution is -0.137. The summed E-state index contributed by atoms with van der Waals surface area (Å²) in [5, 5.41) is 3.15. The molecule has 2 nitrogen and oxygen atoms in total. The van der Waals surface area contributed by atoms with E-state index in [9.17, 15) is 13.2 Å². The van der Waals surface area contributed by atoms with Crippen molar-refractivity contribution in [2.24, 2.45) is 0 Å². The van der Waals surface area contributed by atoms with Crippen LogP contribution in [-0.2, 0) is 19.3 Å². The van der Waals surface area contributed by atoms with Crippen LogP contribution in [0.4, 0.5) is 13.2 Å². The van der Waals surface area contributed by atoms with Gasteiger partial charge >= 0.3 is 6.18 Å². The molecule has 2 aromatic carbocycles. The van der Waals surface area contributed by atoms with Gasteiger partial charge in [0, 0.05) is 13.1 Å². The summed E-state index contributed by atoms with van der Waals surface area (Å²) in [6, 6.07) is 13.1. The Bertz CT molecular complexity index is 608. The topological polar surface area (TPSA) is 21.3 Å². The standard InChI is InChI=1S/C18H20F3NO/c1-2-10-23-17-8-6-14(7-9-17)12-22-13-15-4-3-5-16(11-15)18(19,20)21/h3-9,11,22H,2,10,12-13H2,1H3. The van der Waals surface area contributed by atoms with Gasteiger partial charge in [-0.05, 0) is 35.7 Å². The Kier molecular flexibility index (Phi) is 6.04. The molecular formula is C18H20F3NO. The number of nitrogens with one attached hydrogen (secondary N) is 1. The van der Waals surface area contributed by atoms with Gasteiger partial charge in [-0.25, -0.2) is 0 Å². The zero-order valence-corrected chi connectivity index (χ0v) is 13.0. The summed E-state index contributed by atoms with van der Waals surface area (Å²) in [4.78, 5) is 0. The summed E-state index contributed by atoms with van der Waals surface area (Å²) >= 11 is 0. The molecule has 23 heavy (non-hydrogen) atoms. The van der Waals surface area contributed by atoms with E-state index < -0.39 is 11.7 Å². The molecule has 0 aliphatic heterocycles. The molecule has 0 saturated carbocycles. The highest BCUT2D eigenvalue weighted by Gasteiger charge is 2.30. The van der Waals surface area contributed by atoms with E-state index in [0.717, 1.165) is 23.8 Å². The van der Waals surface area contributed by atoms with Crippen LogP contribution in [-0.4, -0.2) is 6.61 Å². The summed E-state index contributed by atoms with van der Waals surface area (Å²) in [6.45, 7) is 3.71. The van der Waals surface area contributed by atoms with E-state index in [0.29, 0.717) is 25.3 Å². The molecular weight excluding hydrogens is 303 g/mol. The number of benzene rings is 2. The highest BCUT2D eigenvalue weighted by atomic mass is 19.4. The van der Waals surface area contributed by atoms with Crippen LogP contribution in [0, 0.1) is 0 Å². The molecule has 2 aromatic rings. The first kappa shape index (κ1) is 17.3. The first-order chi connectivity index (χ1) is 11.0. The molecule has 0 aliphatic rings. The minimum atomic E-state index is -4.30. The Morgan fingerprint density at radius 1 is 0.957 bits per heavy atom. The van der Waals surface area contributed by atoms with Gasteiger partial charge in [-0.3, -0.25) is 0 Å². The molecule has 124 valence electrons. The molecule has 0 atom stereocenters. The molecule has 0 saturated heterocycles. The van der Waals surface area contributed by atoms with Crippen molar-refractivity contribution in [1.29, 1.82) is 0 Å². The molecule has 0 fully saturated rings. The van der Waals surface area contributed by atoms with Gasteiger partial charge in [0.15, 0.2) is 0 Å². The SMILES string of the molecule is CCCOc1ccc(CNCc2cccc(C(F)(F)F)c2)cc1. The molecule has 2 rings (SSSR count). The van der Waals surface area contributed by atoms with Crippen molar-refractivity contribution in [3.05, 3.63) is 65.2 Å². The summed E-state index contributed by atoms with van der Waals surface area (Å²) in [7, 11) is 0. The van der Waals surface area contributed by atoms with E-state index in [4.69, 9.17) is 4.74 Å². The first-order valence-electron chi connectivity index (χ1n) is 7.57. The van der Waals surface area contributed by atoms with Crippen molar-refractivity contribution < 1.29 is 17.9 Å². The van der Waals surface area contributed by atoms with Gasteiger partial charge in [-0.15, -0.1) is 0 Å². The van der Waals surface area contributed by atoms with Crippen LogP contribution in [0.5, 0.6) is 5.75 Å². The maximum Gasteiger partial charge on any atom is 0.416 e. The van der Waals surface area contributed by atoms with Crippen LogP contribution in [0.2, 0.25) is 0 Å². The summed E-state index contributed by atoms with van der Waals surface area (Å²) in [5.74, 6) is 0.827. The molecule has 0 spiro atoms. The minimum absolute atomic E-state index is 0.387. The van der Waals surface area contributed by atoms with Crippen LogP contribution >= 0.6 is 0 Å². The number of rotatable bonds is 7. The second-order valence-electron chi connectivity index (χ2n) is 5.29. The maximum absolute atomic E-state index is 12.6. The van der Waals surface area contributed by atoms with Crippen LogP contribution in [0.15, 0.2) is 48.5 Å². The van der Waals surface area contributed by atoms with Crippen molar-refractivity contribution >= 4 is 0 Å². The molecule has 5 heteroatoms. The van der Waals surface area contributed by atoms with Gasteiger partial charge in [0.25, 0.3) is 0 Å².